The topological polar surface area (TPSA) is 38.0 Å². The van der Waals surface area contributed by atoms with Gasteiger partial charge in [-0.15, -0.1) is 0 Å². The van der Waals surface area contributed by atoms with Crippen molar-refractivity contribution in [3.63, 3.8) is 0 Å². The maximum atomic E-state index is 13.8. The normalized spacial score (nSPS) is 11.2. The van der Waals surface area contributed by atoms with Crippen LogP contribution in [-0.4, -0.2) is 14.7 Å². The monoisotopic (exact) mass is 290 g/mol. The fourth-order valence-electron chi connectivity index (χ4n) is 2.29. The molecule has 0 atom stereocenters. The maximum Gasteiger partial charge on any atom is 0.140 e. The average molecular weight is 291 g/mol. The van der Waals surface area contributed by atoms with Crippen LogP contribution in [0.3, 0.4) is 0 Å². The molecule has 3 nitrogen and oxygen atoms in total. The molecule has 0 aliphatic rings. The molecule has 0 aliphatic heterocycles. The number of aliphatic hydroxyl groups is 1. The van der Waals surface area contributed by atoms with Crippen molar-refractivity contribution >= 4 is 22.6 Å². The van der Waals surface area contributed by atoms with Crippen molar-refractivity contribution in [1.29, 1.82) is 0 Å². The number of fused-ring (bicyclic) bond motifs is 1. The molecule has 1 aromatic carbocycles. The molecule has 20 heavy (non-hydrogen) atoms. The molecule has 3 aromatic rings. The van der Waals surface area contributed by atoms with Crippen molar-refractivity contribution in [2.45, 2.75) is 13.2 Å². The Labute approximate surface area is 120 Å². The highest BCUT2D eigenvalue weighted by molar-refractivity contribution is 6.30. The molecule has 0 saturated carbocycles. The summed E-state index contributed by atoms with van der Waals surface area (Å²) in [6, 6.07) is 8.17. The van der Waals surface area contributed by atoms with Gasteiger partial charge in [0.2, 0.25) is 0 Å². The molecule has 102 valence electrons. The molecule has 0 aliphatic carbocycles. The summed E-state index contributed by atoms with van der Waals surface area (Å²) in [5.74, 6) is -0.308. The number of rotatable bonds is 3. The van der Waals surface area contributed by atoms with Gasteiger partial charge in [-0.05, 0) is 30.3 Å². The Morgan fingerprint density at radius 3 is 2.90 bits per heavy atom. The summed E-state index contributed by atoms with van der Waals surface area (Å²) < 4.78 is 15.6. The second-order valence-corrected chi connectivity index (χ2v) is 4.99. The van der Waals surface area contributed by atoms with Gasteiger partial charge in [0.05, 0.1) is 13.2 Å². The second-order valence-electron chi connectivity index (χ2n) is 4.55. The molecule has 5 heteroatoms. The first-order valence-electron chi connectivity index (χ1n) is 6.16. The predicted octanol–water partition coefficient (Wildman–Crippen LogP) is 3.37. The Hall–Kier alpha value is -1.91. The van der Waals surface area contributed by atoms with Gasteiger partial charge in [0.1, 0.15) is 11.5 Å². The molecule has 2 heterocycles. The van der Waals surface area contributed by atoms with Gasteiger partial charge in [0.25, 0.3) is 0 Å². The van der Waals surface area contributed by atoms with E-state index in [1.54, 1.807) is 18.5 Å². The summed E-state index contributed by atoms with van der Waals surface area (Å²) in [6.45, 7) is 0.243. The zero-order chi connectivity index (χ0) is 14.1. The third kappa shape index (κ3) is 2.28. The zero-order valence-corrected chi connectivity index (χ0v) is 11.3. The Kier molecular flexibility index (Phi) is 3.42. The lowest BCUT2D eigenvalue weighted by molar-refractivity contribution is 0.283. The Morgan fingerprint density at radius 2 is 2.10 bits per heavy atom. The quantitative estimate of drug-likeness (QED) is 0.803. The van der Waals surface area contributed by atoms with Gasteiger partial charge in [0, 0.05) is 33.9 Å². The number of aliphatic hydroxyl groups excluding tert-OH is 1. The van der Waals surface area contributed by atoms with Crippen LogP contribution in [0.1, 0.15) is 11.1 Å². The van der Waals surface area contributed by atoms with Gasteiger partial charge in [-0.1, -0.05) is 11.6 Å². The number of aromatic nitrogens is 2. The number of benzene rings is 1. The summed E-state index contributed by atoms with van der Waals surface area (Å²) in [5.41, 5.74) is 1.98. The van der Waals surface area contributed by atoms with Crippen LogP contribution in [0.4, 0.5) is 4.39 Å². The zero-order valence-electron chi connectivity index (χ0n) is 10.6. The summed E-state index contributed by atoms with van der Waals surface area (Å²) in [7, 11) is 0. The number of nitrogens with zero attached hydrogens (tertiary/aromatic N) is 2. The van der Waals surface area contributed by atoms with Crippen molar-refractivity contribution in [2.75, 3.05) is 0 Å². The molecule has 0 bridgehead atoms. The Morgan fingerprint density at radius 1 is 1.25 bits per heavy atom. The highest BCUT2D eigenvalue weighted by Crippen LogP contribution is 2.22. The summed E-state index contributed by atoms with van der Waals surface area (Å²) in [6.07, 6.45) is 3.46. The van der Waals surface area contributed by atoms with Crippen LogP contribution in [0.15, 0.2) is 42.7 Å². The van der Waals surface area contributed by atoms with E-state index in [9.17, 15) is 9.50 Å². The molecule has 0 radical (unpaired) electrons. The second kappa shape index (κ2) is 5.23. The molecule has 0 fully saturated rings. The highest BCUT2D eigenvalue weighted by atomic mass is 35.5. The van der Waals surface area contributed by atoms with Crippen LogP contribution in [-0.2, 0) is 13.2 Å². The van der Waals surface area contributed by atoms with Crippen molar-refractivity contribution < 1.29 is 9.50 Å². The molecule has 0 amide bonds. The van der Waals surface area contributed by atoms with E-state index in [0.29, 0.717) is 17.1 Å². The fraction of sp³-hybridized carbons (Fsp3) is 0.133. The van der Waals surface area contributed by atoms with E-state index in [1.165, 1.54) is 12.1 Å². The SMILES string of the molecule is OCc1cn(Cc2cc(Cl)ccc2F)c2ncccc12. The average Bonchev–Trinajstić information content (AvgIpc) is 2.81. The smallest absolute Gasteiger partial charge is 0.140 e. The van der Waals surface area contributed by atoms with Gasteiger partial charge >= 0.3 is 0 Å². The first-order valence-corrected chi connectivity index (χ1v) is 6.54. The third-order valence-electron chi connectivity index (χ3n) is 3.24. The van der Waals surface area contributed by atoms with Gasteiger partial charge in [0.15, 0.2) is 0 Å². The van der Waals surface area contributed by atoms with Crippen molar-refractivity contribution in [3.8, 4) is 0 Å². The van der Waals surface area contributed by atoms with E-state index in [4.69, 9.17) is 11.6 Å². The molecule has 0 saturated heterocycles. The fourth-order valence-corrected chi connectivity index (χ4v) is 2.48. The number of halogens is 2. The number of pyridine rings is 1. The van der Waals surface area contributed by atoms with Crippen molar-refractivity contribution in [2.24, 2.45) is 0 Å². The molecular weight excluding hydrogens is 279 g/mol. The van der Waals surface area contributed by atoms with E-state index in [-0.39, 0.29) is 12.4 Å². The van der Waals surface area contributed by atoms with Crippen LogP contribution in [0, 0.1) is 5.82 Å². The summed E-state index contributed by atoms with van der Waals surface area (Å²) in [5, 5.41) is 10.7. The third-order valence-corrected chi connectivity index (χ3v) is 3.47. The van der Waals surface area contributed by atoms with E-state index in [1.807, 2.05) is 16.7 Å². The van der Waals surface area contributed by atoms with Crippen LogP contribution in [0.2, 0.25) is 5.02 Å². The number of hydrogen-bond donors (Lipinski definition) is 1. The van der Waals surface area contributed by atoms with E-state index in [0.717, 1.165) is 16.6 Å². The summed E-state index contributed by atoms with van der Waals surface area (Å²) in [4.78, 5) is 4.29. The lowest BCUT2D eigenvalue weighted by atomic mass is 10.2. The minimum Gasteiger partial charge on any atom is -0.392 e. The van der Waals surface area contributed by atoms with Crippen LogP contribution in [0.5, 0.6) is 0 Å². The van der Waals surface area contributed by atoms with Crippen molar-refractivity contribution in [1.82, 2.24) is 9.55 Å². The number of hydrogen-bond acceptors (Lipinski definition) is 2. The van der Waals surface area contributed by atoms with E-state index >= 15 is 0 Å². The molecule has 0 unspecified atom stereocenters. The maximum absolute atomic E-state index is 13.8. The van der Waals surface area contributed by atoms with Crippen LogP contribution in [0.25, 0.3) is 11.0 Å². The minimum atomic E-state index is -0.308. The van der Waals surface area contributed by atoms with Gasteiger partial charge in [-0.2, -0.15) is 0 Å². The van der Waals surface area contributed by atoms with Gasteiger partial charge in [-0.25, -0.2) is 9.37 Å². The lowest BCUT2D eigenvalue weighted by Gasteiger charge is -2.06. The first kappa shape index (κ1) is 13.1. The molecule has 3 rings (SSSR count). The Bertz CT molecular complexity index is 770. The summed E-state index contributed by atoms with van der Waals surface area (Å²) >= 11 is 5.90. The lowest BCUT2D eigenvalue weighted by Crippen LogP contribution is -2.01. The standard InChI is InChI=1S/C15H12ClFN2O/c16-12-3-4-14(17)10(6-12)7-19-8-11(9-20)13-2-1-5-18-15(13)19/h1-6,8,20H,7,9H2. The van der Waals surface area contributed by atoms with Gasteiger partial charge in [-0.3, -0.25) is 0 Å². The van der Waals surface area contributed by atoms with Gasteiger partial charge < -0.3 is 9.67 Å². The Balaban J connectivity index is 2.09. The van der Waals surface area contributed by atoms with Crippen LogP contribution < -0.4 is 0 Å². The van der Waals surface area contributed by atoms with E-state index < -0.39 is 0 Å². The molecular formula is C15H12ClFN2O. The molecule has 1 N–H and O–H groups in total. The predicted molar refractivity (Wildman–Crippen MR) is 76.2 cm³/mol. The van der Waals surface area contributed by atoms with Crippen LogP contribution >= 0.6 is 11.6 Å². The van der Waals surface area contributed by atoms with E-state index in [2.05, 4.69) is 4.98 Å². The molecule has 0 spiro atoms. The minimum absolute atomic E-state index is 0.0762. The molecule has 2 aromatic heterocycles. The highest BCUT2D eigenvalue weighted by Gasteiger charge is 2.11. The largest absolute Gasteiger partial charge is 0.392 e. The first-order chi connectivity index (χ1) is 9.69. The van der Waals surface area contributed by atoms with Crippen molar-refractivity contribution in [3.05, 3.63) is 64.7 Å².